The molecule has 0 bridgehead atoms. The van der Waals surface area contributed by atoms with Gasteiger partial charge in [0.15, 0.2) is 31.6 Å². The topological polar surface area (TPSA) is 142 Å². The molecule has 1 heterocycles. The molecule has 0 aromatic heterocycles. The Kier molecular flexibility index (Phi) is 16.8. The third-order valence-electron chi connectivity index (χ3n) is 6.83. The normalized spacial score (nSPS) is 16.3. The molecule has 2 atom stereocenters. The lowest BCUT2D eigenvalue weighted by Gasteiger charge is -2.46. The summed E-state index contributed by atoms with van der Waals surface area (Å²) in [6.45, 7) is 1.51. The second kappa shape index (κ2) is 18.3. The molecular formula is C23H40F6N6O4S4. The van der Waals surface area contributed by atoms with Crippen LogP contribution in [0.4, 0.5) is 26.3 Å². The number of hydrogen-bond acceptors (Lipinski definition) is 8. The van der Waals surface area contributed by atoms with Crippen molar-refractivity contribution in [3.05, 3.63) is 0 Å². The Morgan fingerprint density at radius 1 is 0.814 bits per heavy atom. The molecule has 1 aliphatic heterocycles. The van der Waals surface area contributed by atoms with Gasteiger partial charge in [0.1, 0.15) is 6.17 Å². The smallest absolute Gasteiger partial charge is 0.376 e. The molecule has 0 saturated carbocycles. The van der Waals surface area contributed by atoms with E-state index in [-0.39, 0.29) is 22.9 Å². The molecule has 0 aromatic carbocycles. The summed E-state index contributed by atoms with van der Waals surface area (Å²) >= 11 is 9.35. The minimum Gasteiger partial charge on any atom is -0.376 e. The molecule has 2 unspecified atom stereocenters. The molecule has 1 aliphatic rings. The number of aliphatic imine (C=N–C) groups is 1. The average Bonchev–Trinajstić information content (AvgIpc) is 3.30. The Morgan fingerprint density at radius 2 is 1.21 bits per heavy atom. The van der Waals surface area contributed by atoms with Crippen molar-refractivity contribution in [2.45, 2.75) is 107 Å². The molecule has 0 amide bonds. The average molecular weight is 707 g/mol. The zero-order chi connectivity index (χ0) is 33.0. The van der Waals surface area contributed by atoms with Gasteiger partial charge >= 0.3 is 12.4 Å². The van der Waals surface area contributed by atoms with Crippen LogP contribution in [0.5, 0.6) is 0 Å². The highest BCUT2D eigenvalue weighted by Crippen LogP contribution is 2.33. The number of halogens is 6. The molecule has 0 saturated heterocycles. The summed E-state index contributed by atoms with van der Waals surface area (Å²) in [5.74, 6) is 0.348. The minimum absolute atomic E-state index is 0.0420. The molecule has 252 valence electrons. The van der Waals surface area contributed by atoms with Gasteiger partial charge in [-0.2, -0.15) is 26.3 Å². The summed E-state index contributed by atoms with van der Waals surface area (Å²) in [5, 5.41) is -9.54. The summed E-state index contributed by atoms with van der Waals surface area (Å²) in [5.41, 5.74) is 11.0. The number of nitrogens with zero attached hydrogens (tertiary/aromatic N) is 4. The fourth-order valence-corrected chi connectivity index (χ4v) is 6.91. The number of alkyl halides is 6. The van der Waals surface area contributed by atoms with Gasteiger partial charge in [-0.25, -0.2) is 16.8 Å². The lowest BCUT2D eigenvalue weighted by molar-refractivity contribution is -0.175. The van der Waals surface area contributed by atoms with Crippen LogP contribution in [0.3, 0.4) is 0 Å². The minimum atomic E-state index is -5.59. The van der Waals surface area contributed by atoms with Crippen LogP contribution < -0.4 is 11.5 Å². The van der Waals surface area contributed by atoms with Gasteiger partial charge in [0.05, 0.1) is 18.9 Å². The van der Waals surface area contributed by atoms with E-state index in [1.165, 1.54) is 30.6 Å². The highest BCUT2D eigenvalue weighted by atomic mass is 32.2. The highest BCUT2D eigenvalue weighted by Gasteiger charge is 2.55. The first-order valence-electron chi connectivity index (χ1n) is 13.8. The van der Waals surface area contributed by atoms with E-state index >= 15 is 0 Å². The largest absolute Gasteiger partial charge is 0.423 e. The van der Waals surface area contributed by atoms with Gasteiger partial charge in [0, 0.05) is 13.0 Å². The lowest BCUT2D eigenvalue weighted by Crippen LogP contribution is -2.69. The third kappa shape index (κ3) is 12.7. The molecular weight excluding hydrogens is 667 g/mol. The summed E-state index contributed by atoms with van der Waals surface area (Å²) in [7, 11) is -8.94. The van der Waals surface area contributed by atoms with Crippen molar-refractivity contribution in [3.8, 4) is 0 Å². The molecule has 0 radical (unpaired) electrons. The van der Waals surface area contributed by atoms with Gasteiger partial charge in [-0.05, 0) is 30.9 Å². The Labute approximate surface area is 262 Å². The predicted molar refractivity (Wildman–Crippen MR) is 162 cm³/mol. The van der Waals surface area contributed by atoms with Crippen molar-refractivity contribution < 1.29 is 43.2 Å². The maximum atomic E-state index is 14.0. The van der Waals surface area contributed by atoms with Crippen molar-refractivity contribution in [3.63, 3.8) is 0 Å². The Hall–Kier alpha value is -1.67. The molecule has 20 heteroatoms. The Balaban J connectivity index is 3.29. The molecule has 0 spiro atoms. The molecule has 1 rings (SSSR count). The Morgan fingerprint density at radius 3 is 1.56 bits per heavy atom. The third-order valence-corrected chi connectivity index (χ3v) is 9.13. The summed E-state index contributed by atoms with van der Waals surface area (Å²) in [4.78, 5) is 5.22. The maximum Gasteiger partial charge on any atom is 0.423 e. The van der Waals surface area contributed by atoms with Gasteiger partial charge < -0.3 is 26.2 Å². The molecule has 0 aromatic rings. The van der Waals surface area contributed by atoms with E-state index in [1.807, 2.05) is 0 Å². The van der Waals surface area contributed by atoms with E-state index in [2.05, 4.69) is 36.4 Å². The first-order valence-corrected chi connectivity index (χ1v) is 17.1. The zero-order valence-electron chi connectivity index (χ0n) is 23.7. The number of amidine groups is 1. The fourth-order valence-electron chi connectivity index (χ4n) is 4.86. The standard InChI is InChI=1S/C23H40F6N6O4S4/c1-2-3-4-5-6-7-8-9-10-11-12-16-32-13-14-33(16)15-17(34(20(30)40)18(42(36)37)22(24,25)26)35(21(31)41)19(43(38)39)23(27,28)29/h17-19,42-43H,2-15H2,1H3,(H2,30,40)(H2,31,41). The van der Waals surface area contributed by atoms with Crippen LogP contribution in [0.15, 0.2) is 4.99 Å². The van der Waals surface area contributed by atoms with E-state index in [0.29, 0.717) is 18.7 Å². The first-order chi connectivity index (χ1) is 19.9. The van der Waals surface area contributed by atoms with E-state index in [0.717, 1.165) is 32.1 Å². The van der Waals surface area contributed by atoms with Gasteiger partial charge in [-0.1, -0.05) is 64.7 Å². The van der Waals surface area contributed by atoms with Crippen LogP contribution in [-0.4, -0.2) is 96.5 Å². The molecule has 43 heavy (non-hydrogen) atoms. The fraction of sp³-hybridized carbons (Fsp3) is 0.870. The molecule has 0 fully saturated rings. The number of unbranched alkanes of at least 4 members (excludes halogenated alkanes) is 9. The van der Waals surface area contributed by atoms with Gasteiger partial charge in [-0.15, -0.1) is 0 Å². The van der Waals surface area contributed by atoms with E-state index in [9.17, 15) is 43.2 Å². The van der Waals surface area contributed by atoms with Crippen molar-refractivity contribution >= 4 is 61.9 Å². The Bertz CT molecular complexity index is 1030. The summed E-state index contributed by atoms with van der Waals surface area (Å²) in [6.07, 6.45) is -2.88. The monoisotopic (exact) mass is 706 g/mol. The van der Waals surface area contributed by atoms with Crippen LogP contribution in [-0.2, 0) is 21.4 Å². The highest BCUT2D eigenvalue weighted by molar-refractivity contribution is 7.80. The van der Waals surface area contributed by atoms with Gasteiger partial charge in [0.25, 0.3) is 0 Å². The number of rotatable bonds is 19. The van der Waals surface area contributed by atoms with E-state index < -0.39 is 67.4 Å². The molecule has 4 N–H and O–H groups in total. The molecule has 0 aliphatic carbocycles. The summed E-state index contributed by atoms with van der Waals surface area (Å²) in [6, 6.07) is 0. The quantitative estimate of drug-likeness (QED) is 0.0516. The lowest BCUT2D eigenvalue weighted by atomic mass is 10.1. The number of thiocarbonyl (C=S) groups is 2. The maximum absolute atomic E-state index is 14.0. The van der Waals surface area contributed by atoms with Crippen LogP contribution in [0.1, 0.15) is 77.6 Å². The van der Waals surface area contributed by atoms with Crippen molar-refractivity contribution in [1.82, 2.24) is 14.7 Å². The van der Waals surface area contributed by atoms with Crippen molar-refractivity contribution in [2.24, 2.45) is 16.5 Å². The van der Waals surface area contributed by atoms with Crippen molar-refractivity contribution in [2.75, 3.05) is 19.6 Å². The van der Waals surface area contributed by atoms with Crippen LogP contribution in [0.25, 0.3) is 0 Å². The van der Waals surface area contributed by atoms with Gasteiger partial charge in [0.2, 0.25) is 10.7 Å². The van der Waals surface area contributed by atoms with Gasteiger partial charge in [-0.3, -0.25) is 4.99 Å². The number of thiol groups is 2. The van der Waals surface area contributed by atoms with E-state index in [1.54, 1.807) is 0 Å². The second-order valence-electron chi connectivity index (χ2n) is 10.0. The first kappa shape index (κ1) is 39.4. The zero-order valence-corrected chi connectivity index (χ0v) is 27.1. The molecule has 10 nitrogen and oxygen atoms in total. The SMILES string of the molecule is CCCCCCCCCCCCC1=NCCN1CC(N(C(N)=S)C([SH](=O)=O)C(F)(F)F)N(C(N)=S)C([SH](=O)=O)C(F)(F)F. The number of hydrogen-bond donors (Lipinski definition) is 4. The second-order valence-corrected chi connectivity index (χ2v) is 13.0. The summed E-state index contributed by atoms with van der Waals surface area (Å²) < 4.78 is 131. The number of nitrogens with two attached hydrogens (primary N) is 2. The van der Waals surface area contributed by atoms with Crippen LogP contribution in [0.2, 0.25) is 0 Å². The van der Waals surface area contributed by atoms with E-state index in [4.69, 9.17) is 11.5 Å². The van der Waals surface area contributed by atoms with Crippen LogP contribution >= 0.6 is 24.4 Å². The van der Waals surface area contributed by atoms with Crippen molar-refractivity contribution in [1.29, 1.82) is 0 Å². The van der Waals surface area contributed by atoms with Crippen LogP contribution in [0, 0.1) is 0 Å². The predicted octanol–water partition coefficient (Wildman–Crippen LogP) is 3.43.